The van der Waals surface area contributed by atoms with Gasteiger partial charge in [-0.15, -0.1) is 11.3 Å². The van der Waals surface area contributed by atoms with Gasteiger partial charge in [0.15, 0.2) is 5.82 Å². The molecule has 17 heavy (non-hydrogen) atoms. The normalized spacial score (nSPS) is 10.7. The smallest absolute Gasteiger partial charge is 0.202 e. The molecule has 0 fully saturated rings. The summed E-state index contributed by atoms with van der Waals surface area (Å²) in [6.45, 7) is 3.30. The molecule has 0 saturated heterocycles. The number of ether oxygens (including phenoxy) is 1. The highest BCUT2D eigenvalue weighted by Crippen LogP contribution is 2.12. The zero-order valence-electron chi connectivity index (χ0n) is 9.77. The first-order valence-electron chi connectivity index (χ1n) is 5.24. The number of hydrogen-bond donors (Lipinski definition) is 1. The Balaban J connectivity index is 1.77. The molecule has 2 aromatic heterocycles. The molecule has 7 heteroatoms. The van der Waals surface area contributed by atoms with E-state index >= 15 is 0 Å². The average Bonchev–Trinajstić information content (AvgIpc) is 2.89. The van der Waals surface area contributed by atoms with E-state index < -0.39 is 0 Å². The summed E-state index contributed by atoms with van der Waals surface area (Å²) >= 11 is 3.04. The van der Waals surface area contributed by atoms with Gasteiger partial charge in [-0.3, -0.25) is 0 Å². The molecule has 2 heterocycles. The molecule has 0 aliphatic rings. The molecule has 0 aliphatic carbocycles. The van der Waals surface area contributed by atoms with E-state index in [2.05, 4.69) is 25.0 Å². The van der Waals surface area contributed by atoms with Crippen LogP contribution in [0.4, 0.5) is 5.13 Å². The van der Waals surface area contributed by atoms with Gasteiger partial charge in [-0.2, -0.15) is 4.37 Å². The molecule has 0 radical (unpaired) electrons. The number of anilines is 1. The molecular formula is C10H14N4OS2. The van der Waals surface area contributed by atoms with Crippen LogP contribution < -0.4 is 5.32 Å². The largest absolute Gasteiger partial charge is 0.377 e. The molecule has 0 atom stereocenters. The summed E-state index contributed by atoms with van der Waals surface area (Å²) < 4.78 is 9.13. The van der Waals surface area contributed by atoms with Gasteiger partial charge in [-0.1, -0.05) is 0 Å². The van der Waals surface area contributed by atoms with Crippen LogP contribution >= 0.6 is 22.9 Å². The van der Waals surface area contributed by atoms with Gasteiger partial charge < -0.3 is 10.1 Å². The van der Waals surface area contributed by atoms with E-state index in [9.17, 15) is 0 Å². The molecule has 0 bridgehead atoms. The Kier molecular flexibility index (Phi) is 4.41. The van der Waals surface area contributed by atoms with Gasteiger partial charge in [0.1, 0.15) is 6.61 Å². The lowest BCUT2D eigenvalue weighted by Gasteiger charge is -1.98. The van der Waals surface area contributed by atoms with Crippen LogP contribution in [0.1, 0.15) is 16.5 Å². The van der Waals surface area contributed by atoms with Crippen LogP contribution in [0.2, 0.25) is 0 Å². The van der Waals surface area contributed by atoms with Gasteiger partial charge >= 0.3 is 0 Å². The molecule has 0 spiro atoms. The summed E-state index contributed by atoms with van der Waals surface area (Å²) in [7, 11) is 1.64. The number of hydrogen-bond acceptors (Lipinski definition) is 7. The molecule has 1 N–H and O–H groups in total. The van der Waals surface area contributed by atoms with Gasteiger partial charge in [0.2, 0.25) is 5.13 Å². The van der Waals surface area contributed by atoms with E-state index in [0.29, 0.717) is 6.61 Å². The highest BCUT2D eigenvalue weighted by molar-refractivity contribution is 7.09. The third kappa shape index (κ3) is 3.72. The number of rotatable bonds is 6. The van der Waals surface area contributed by atoms with Crippen molar-refractivity contribution in [2.75, 3.05) is 19.0 Å². The number of methoxy groups -OCH3 is 1. The number of nitrogens with one attached hydrogen (secondary N) is 1. The molecule has 92 valence electrons. The maximum atomic E-state index is 4.96. The Morgan fingerprint density at radius 3 is 3.00 bits per heavy atom. The summed E-state index contributed by atoms with van der Waals surface area (Å²) in [5, 5.41) is 7.27. The Morgan fingerprint density at radius 2 is 2.29 bits per heavy atom. The highest BCUT2D eigenvalue weighted by atomic mass is 32.1. The van der Waals surface area contributed by atoms with Crippen LogP contribution in [0.3, 0.4) is 0 Å². The first kappa shape index (κ1) is 12.4. The Labute approximate surface area is 108 Å². The quantitative estimate of drug-likeness (QED) is 0.871. The second-order valence-corrected chi connectivity index (χ2v) is 5.30. The zero-order chi connectivity index (χ0) is 12.1. The molecule has 0 saturated carbocycles. The molecular weight excluding hydrogens is 256 g/mol. The summed E-state index contributed by atoms with van der Waals surface area (Å²) in [6.07, 6.45) is 0.906. The Bertz CT molecular complexity index is 468. The third-order valence-corrected chi connectivity index (χ3v) is 3.60. The molecule has 0 aliphatic heterocycles. The van der Waals surface area contributed by atoms with Gasteiger partial charge in [-0.25, -0.2) is 9.97 Å². The first-order chi connectivity index (χ1) is 8.28. The fraction of sp³-hybridized carbons (Fsp3) is 0.500. The van der Waals surface area contributed by atoms with E-state index in [1.807, 2.05) is 6.92 Å². The SMILES string of the molecule is COCc1nsc(NCCc2csc(C)n2)n1. The van der Waals surface area contributed by atoms with Crippen molar-refractivity contribution in [2.45, 2.75) is 20.0 Å². The number of aromatic nitrogens is 3. The average molecular weight is 270 g/mol. The number of aryl methyl sites for hydroxylation is 1. The topological polar surface area (TPSA) is 59.9 Å². The molecule has 0 aromatic carbocycles. The van der Waals surface area contributed by atoms with Crippen LogP contribution in [0, 0.1) is 6.92 Å². The van der Waals surface area contributed by atoms with Crippen LogP contribution in [-0.4, -0.2) is 28.0 Å². The van der Waals surface area contributed by atoms with Crippen LogP contribution in [0.25, 0.3) is 0 Å². The first-order valence-corrected chi connectivity index (χ1v) is 6.89. The third-order valence-electron chi connectivity index (χ3n) is 2.07. The minimum absolute atomic E-state index is 0.462. The van der Waals surface area contributed by atoms with Crippen molar-refractivity contribution in [3.8, 4) is 0 Å². The predicted octanol–water partition coefficient (Wildman–Crippen LogP) is 2.10. The molecule has 5 nitrogen and oxygen atoms in total. The van der Waals surface area contributed by atoms with Gasteiger partial charge in [-0.05, 0) is 6.92 Å². The molecule has 0 unspecified atom stereocenters. The fourth-order valence-electron chi connectivity index (χ4n) is 1.33. The standard InChI is InChI=1S/C10H14N4OS2/c1-7-12-8(6-16-7)3-4-11-10-13-9(5-15-2)14-17-10/h6H,3-5H2,1-2H3,(H,11,13,14). The van der Waals surface area contributed by atoms with Gasteiger partial charge in [0.05, 0.1) is 10.7 Å². The van der Waals surface area contributed by atoms with Crippen molar-refractivity contribution in [1.29, 1.82) is 0 Å². The van der Waals surface area contributed by atoms with Gasteiger partial charge in [0.25, 0.3) is 0 Å². The van der Waals surface area contributed by atoms with Crippen molar-refractivity contribution in [1.82, 2.24) is 14.3 Å². The highest BCUT2D eigenvalue weighted by Gasteiger charge is 2.03. The maximum absolute atomic E-state index is 4.96. The summed E-state index contributed by atoms with van der Waals surface area (Å²) in [5.41, 5.74) is 1.13. The van der Waals surface area contributed by atoms with Crippen molar-refractivity contribution in [3.05, 3.63) is 21.9 Å². The van der Waals surface area contributed by atoms with Crippen molar-refractivity contribution < 1.29 is 4.74 Å². The lowest BCUT2D eigenvalue weighted by Crippen LogP contribution is -2.05. The maximum Gasteiger partial charge on any atom is 0.202 e. The minimum Gasteiger partial charge on any atom is -0.377 e. The van der Waals surface area contributed by atoms with Crippen molar-refractivity contribution >= 4 is 28.0 Å². The summed E-state index contributed by atoms with van der Waals surface area (Å²) in [5.74, 6) is 0.726. The Hall–Kier alpha value is -1.05. The summed E-state index contributed by atoms with van der Waals surface area (Å²) in [4.78, 5) is 8.69. The van der Waals surface area contributed by atoms with Crippen molar-refractivity contribution in [3.63, 3.8) is 0 Å². The predicted molar refractivity (Wildman–Crippen MR) is 69.7 cm³/mol. The van der Waals surface area contributed by atoms with Crippen LogP contribution in [0.15, 0.2) is 5.38 Å². The van der Waals surface area contributed by atoms with E-state index in [1.165, 1.54) is 11.5 Å². The second-order valence-electron chi connectivity index (χ2n) is 3.48. The molecule has 2 aromatic rings. The van der Waals surface area contributed by atoms with Crippen LogP contribution in [-0.2, 0) is 17.8 Å². The van der Waals surface area contributed by atoms with Crippen molar-refractivity contribution in [2.24, 2.45) is 0 Å². The van der Waals surface area contributed by atoms with Gasteiger partial charge in [0, 0.05) is 37.0 Å². The minimum atomic E-state index is 0.462. The van der Waals surface area contributed by atoms with E-state index in [0.717, 1.165) is 34.6 Å². The van der Waals surface area contributed by atoms with E-state index in [4.69, 9.17) is 4.74 Å². The number of nitrogens with zero attached hydrogens (tertiary/aromatic N) is 3. The monoisotopic (exact) mass is 270 g/mol. The van der Waals surface area contributed by atoms with E-state index in [-0.39, 0.29) is 0 Å². The lowest BCUT2D eigenvalue weighted by molar-refractivity contribution is 0.179. The Morgan fingerprint density at radius 1 is 1.41 bits per heavy atom. The molecule has 0 amide bonds. The van der Waals surface area contributed by atoms with Crippen LogP contribution in [0.5, 0.6) is 0 Å². The zero-order valence-corrected chi connectivity index (χ0v) is 11.4. The fourth-order valence-corrected chi connectivity index (χ4v) is 2.58. The second kappa shape index (κ2) is 6.04. The number of thiazole rings is 1. The summed E-state index contributed by atoms with van der Waals surface area (Å²) in [6, 6.07) is 0. The molecule has 2 rings (SSSR count). The van der Waals surface area contributed by atoms with E-state index in [1.54, 1.807) is 18.4 Å². The lowest BCUT2D eigenvalue weighted by atomic mass is 10.3.